The summed E-state index contributed by atoms with van der Waals surface area (Å²) in [6.45, 7) is 3.05. The summed E-state index contributed by atoms with van der Waals surface area (Å²) >= 11 is 0. The molecule has 0 radical (unpaired) electrons. The van der Waals surface area contributed by atoms with Crippen molar-refractivity contribution in [2.24, 2.45) is 5.73 Å². The number of ether oxygens (including phenoxy) is 1. The van der Waals surface area contributed by atoms with E-state index < -0.39 is 0 Å². The van der Waals surface area contributed by atoms with Gasteiger partial charge in [0.15, 0.2) is 0 Å². The molecule has 0 bridgehead atoms. The van der Waals surface area contributed by atoms with Crippen LogP contribution in [-0.4, -0.2) is 37.2 Å². The second-order valence-electron chi connectivity index (χ2n) is 3.59. The molecule has 84 valence electrons. The summed E-state index contributed by atoms with van der Waals surface area (Å²) in [4.78, 5) is 6.51. The van der Waals surface area contributed by atoms with Gasteiger partial charge in [0.1, 0.15) is 0 Å². The number of rotatable bonds is 6. The van der Waals surface area contributed by atoms with E-state index in [1.165, 1.54) is 0 Å². The molecule has 0 fully saturated rings. The number of methoxy groups -OCH3 is 1. The normalized spacial score (nSPS) is 10.9. The van der Waals surface area contributed by atoms with Crippen molar-refractivity contribution < 1.29 is 4.74 Å². The molecule has 4 heteroatoms. The fraction of sp³-hybridized carbons (Fsp3) is 0.545. The molecule has 15 heavy (non-hydrogen) atoms. The molecule has 0 atom stereocenters. The zero-order chi connectivity index (χ0) is 11.1. The minimum absolute atomic E-state index is 0.548. The average Bonchev–Trinajstić information content (AvgIpc) is 2.27. The number of hydrogen-bond acceptors (Lipinski definition) is 4. The van der Waals surface area contributed by atoms with Gasteiger partial charge in [-0.25, -0.2) is 0 Å². The van der Waals surface area contributed by atoms with Gasteiger partial charge >= 0.3 is 0 Å². The van der Waals surface area contributed by atoms with Crippen LogP contribution in [0.5, 0.6) is 0 Å². The number of likely N-dealkylation sites (N-methyl/N-ethyl adjacent to an activating group) is 1. The van der Waals surface area contributed by atoms with Crippen LogP contribution in [-0.2, 0) is 17.8 Å². The molecule has 1 heterocycles. The average molecular weight is 209 g/mol. The number of hydrogen-bond donors (Lipinski definition) is 1. The topological polar surface area (TPSA) is 51.4 Å². The van der Waals surface area contributed by atoms with Crippen LogP contribution in [0.4, 0.5) is 0 Å². The lowest BCUT2D eigenvalue weighted by molar-refractivity contribution is 0.158. The van der Waals surface area contributed by atoms with E-state index in [0.29, 0.717) is 6.54 Å². The maximum absolute atomic E-state index is 5.50. The van der Waals surface area contributed by atoms with Gasteiger partial charge in [-0.15, -0.1) is 0 Å². The molecule has 1 rings (SSSR count). The highest BCUT2D eigenvalue weighted by molar-refractivity contribution is 5.13. The van der Waals surface area contributed by atoms with E-state index in [0.717, 1.165) is 31.0 Å². The summed E-state index contributed by atoms with van der Waals surface area (Å²) in [5.41, 5.74) is 7.63. The first-order chi connectivity index (χ1) is 7.26. The molecule has 2 N–H and O–H groups in total. The second-order valence-corrected chi connectivity index (χ2v) is 3.59. The summed E-state index contributed by atoms with van der Waals surface area (Å²) in [5.74, 6) is 0. The third-order valence-corrected chi connectivity index (χ3v) is 2.23. The molecule has 0 amide bonds. The van der Waals surface area contributed by atoms with Crippen molar-refractivity contribution in [3.05, 3.63) is 29.6 Å². The van der Waals surface area contributed by atoms with Crippen LogP contribution in [0.2, 0.25) is 0 Å². The number of pyridine rings is 1. The highest BCUT2D eigenvalue weighted by atomic mass is 16.5. The Morgan fingerprint density at radius 2 is 2.27 bits per heavy atom. The molecule has 0 aliphatic heterocycles. The van der Waals surface area contributed by atoms with Crippen LogP contribution >= 0.6 is 0 Å². The van der Waals surface area contributed by atoms with Crippen molar-refractivity contribution in [1.29, 1.82) is 0 Å². The predicted octanol–water partition coefficient (Wildman–Crippen LogP) is 0.619. The van der Waals surface area contributed by atoms with Gasteiger partial charge in [0, 0.05) is 32.9 Å². The van der Waals surface area contributed by atoms with E-state index in [1.807, 2.05) is 18.3 Å². The fourth-order valence-electron chi connectivity index (χ4n) is 1.27. The summed E-state index contributed by atoms with van der Waals surface area (Å²) < 4.78 is 5.01. The highest BCUT2D eigenvalue weighted by Gasteiger charge is 2.00. The van der Waals surface area contributed by atoms with Gasteiger partial charge in [-0.1, -0.05) is 6.07 Å². The van der Waals surface area contributed by atoms with Gasteiger partial charge in [0.05, 0.1) is 12.3 Å². The Bertz CT molecular complexity index is 274. The van der Waals surface area contributed by atoms with Crippen molar-refractivity contribution in [2.45, 2.75) is 13.1 Å². The minimum atomic E-state index is 0.548. The van der Waals surface area contributed by atoms with E-state index >= 15 is 0 Å². The summed E-state index contributed by atoms with van der Waals surface area (Å²) in [7, 11) is 3.76. The first kappa shape index (κ1) is 12.1. The Hall–Kier alpha value is -0.970. The molecule has 0 spiro atoms. The molecule has 0 aliphatic carbocycles. The molecular weight excluding hydrogens is 190 g/mol. The van der Waals surface area contributed by atoms with Gasteiger partial charge in [-0.05, 0) is 18.7 Å². The number of aromatic nitrogens is 1. The Balaban J connectivity index is 2.42. The third-order valence-electron chi connectivity index (χ3n) is 2.23. The van der Waals surface area contributed by atoms with Gasteiger partial charge in [0.2, 0.25) is 0 Å². The Morgan fingerprint density at radius 1 is 1.47 bits per heavy atom. The largest absolute Gasteiger partial charge is 0.383 e. The number of nitrogens with zero attached hydrogens (tertiary/aromatic N) is 2. The molecule has 0 aromatic carbocycles. The first-order valence-electron chi connectivity index (χ1n) is 5.07. The van der Waals surface area contributed by atoms with Crippen LogP contribution in [0.15, 0.2) is 18.3 Å². The SMILES string of the molecule is COCCN(C)Cc1ccc(CN)cn1. The van der Waals surface area contributed by atoms with Crippen LogP contribution in [0.1, 0.15) is 11.3 Å². The standard InChI is InChI=1S/C11H19N3O/c1-14(5-6-15-2)9-11-4-3-10(7-12)8-13-11/h3-4,8H,5-7,9,12H2,1-2H3. The van der Waals surface area contributed by atoms with E-state index in [2.05, 4.69) is 16.9 Å². The van der Waals surface area contributed by atoms with Gasteiger partial charge in [-0.2, -0.15) is 0 Å². The monoisotopic (exact) mass is 209 g/mol. The van der Waals surface area contributed by atoms with Crippen molar-refractivity contribution in [3.63, 3.8) is 0 Å². The van der Waals surface area contributed by atoms with Crippen LogP contribution in [0.3, 0.4) is 0 Å². The molecule has 1 aromatic heterocycles. The van der Waals surface area contributed by atoms with E-state index in [9.17, 15) is 0 Å². The lowest BCUT2D eigenvalue weighted by atomic mass is 10.2. The molecule has 0 aliphatic rings. The fourth-order valence-corrected chi connectivity index (χ4v) is 1.27. The zero-order valence-corrected chi connectivity index (χ0v) is 9.44. The van der Waals surface area contributed by atoms with Gasteiger partial charge in [-0.3, -0.25) is 9.88 Å². The quantitative estimate of drug-likeness (QED) is 0.746. The summed E-state index contributed by atoms with van der Waals surface area (Å²) in [6.07, 6.45) is 1.83. The number of nitrogens with two attached hydrogens (primary N) is 1. The van der Waals surface area contributed by atoms with Crippen molar-refractivity contribution in [3.8, 4) is 0 Å². The van der Waals surface area contributed by atoms with Crippen molar-refractivity contribution in [1.82, 2.24) is 9.88 Å². The maximum Gasteiger partial charge on any atom is 0.0589 e. The molecule has 0 saturated carbocycles. The Labute approximate surface area is 91.1 Å². The van der Waals surface area contributed by atoms with Crippen molar-refractivity contribution in [2.75, 3.05) is 27.3 Å². The molecule has 4 nitrogen and oxygen atoms in total. The first-order valence-corrected chi connectivity index (χ1v) is 5.07. The third kappa shape index (κ3) is 4.38. The zero-order valence-electron chi connectivity index (χ0n) is 9.44. The van der Waals surface area contributed by atoms with Gasteiger partial charge < -0.3 is 10.5 Å². The van der Waals surface area contributed by atoms with E-state index in [4.69, 9.17) is 10.5 Å². The van der Waals surface area contributed by atoms with Crippen LogP contribution in [0.25, 0.3) is 0 Å². The maximum atomic E-state index is 5.50. The molecule has 1 aromatic rings. The van der Waals surface area contributed by atoms with Crippen LogP contribution in [0, 0.1) is 0 Å². The summed E-state index contributed by atoms with van der Waals surface area (Å²) in [6, 6.07) is 4.04. The van der Waals surface area contributed by atoms with Crippen molar-refractivity contribution >= 4 is 0 Å². The predicted molar refractivity (Wildman–Crippen MR) is 60.3 cm³/mol. The minimum Gasteiger partial charge on any atom is -0.383 e. The Kier molecular flexibility index (Phi) is 5.25. The lowest BCUT2D eigenvalue weighted by Crippen LogP contribution is -2.22. The molecule has 0 unspecified atom stereocenters. The Morgan fingerprint density at radius 3 is 2.80 bits per heavy atom. The molecule has 0 saturated heterocycles. The molecular formula is C11H19N3O. The second kappa shape index (κ2) is 6.50. The smallest absolute Gasteiger partial charge is 0.0589 e. The van der Waals surface area contributed by atoms with E-state index in [-0.39, 0.29) is 0 Å². The lowest BCUT2D eigenvalue weighted by Gasteiger charge is -2.15. The van der Waals surface area contributed by atoms with E-state index in [1.54, 1.807) is 7.11 Å². The highest BCUT2D eigenvalue weighted by Crippen LogP contribution is 2.02. The van der Waals surface area contributed by atoms with Crippen LogP contribution < -0.4 is 5.73 Å². The summed E-state index contributed by atoms with van der Waals surface area (Å²) in [5, 5.41) is 0. The van der Waals surface area contributed by atoms with Gasteiger partial charge in [0.25, 0.3) is 0 Å².